The van der Waals surface area contributed by atoms with Gasteiger partial charge in [-0.05, 0) is 12.5 Å². The smallest absolute Gasteiger partial charge is 0.405 e. The lowest BCUT2D eigenvalue weighted by atomic mass is 9.97. The average molecular weight is 403 g/mol. The molecule has 0 aromatic heterocycles. The molecule has 1 aromatic rings. The lowest BCUT2D eigenvalue weighted by molar-refractivity contribution is -0.275. The zero-order valence-corrected chi connectivity index (χ0v) is 16.0. The normalized spacial score (nSPS) is 16.5. The van der Waals surface area contributed by atoms with Gasteiger partial charge in [-0.2, -0.15) is 0 Å². The monoisotopic (exact) mass is 402 g/mol. The van der Waals surface area contributed by atoms with Crippen LogP contribution >= 0.6 is 24.8 Å². The van der Waals surface area contributed by atoms with Crippen LogP contribution in [-0.4, -0.2) is 37.4 Å². The molecule has 1 N–H and O–H groups in total. The van der Waals surface area contributed by atoms with E-state index >= 15 is 0 Å². The molecule has 1 aliphatic rings. The zero-order chi connectivity index (χ0) is 16.7. The van der Waals surface area contributed by atoms with Crippen LogP contribution in [0.4, 0.5) is 13.2 Å². The summed E-state index contributed by atoms with van der Waals surface area (Å²) in [5, 5.41) is 3.29. The van der Waals surface area contributed by atoms with Gasteiger partial charge in [0.25, 0.3) is 0 Å². The maximum absolute atomic E-state index is 12.7. The number of rotatable bonds is 7. The first-order chi connectivity index (χ1) is 11.0. The van der Waals surface area contributed by atoms with Crippen molar-refractivity contribution in [2.75, 3.05) is 26.2 Å². The maximum atomic E-state index is 12.7. The molecule has 146 valence electrons. The van der Waals surface area contributed by atoms with E-state index < -0.39 is 6.36 Å². The summed E-state index contributed by atoms with van der Waals surface area (Å²) in [7, 11) is 0. The van der Waals surface area contributed by atoms with E-state index in [2.05, 4.69) is 21.9 Å². The van der Waals surface area contributed by atoms with Crippen molar-refractivity contribution in [3.05, 3.63) is 29.8 Å². The van der Waals surface area contributed by atoms with Crippen molar-refractivity contribution in [1.82, 2.24) is 10.2 Å². The molecule has 1 atom stereocenters. The van der Waals surface area contributed by atoms with Crippen LogP contribution in [-0.2, 0) is 0 Å². The number of nitrogens with zero attached hydrogens (tertiary/aromatic N) is 1. The van der Waals surface area contributed by atoms with E-state index in [4.69, 9.17) is 0 Å². The molecule has 1 fully saturated rings. The first-order valence-corrected chi connectivity index (χ1v) is 8.30. The Hall–Kier alpha value is -0.690. The van der Waals surface area contributed by atoms with E-state index in [9.17, 15) is 13.2 Å². The number of hydrogen-bond acceptors (Lipinski definition) is 3. The second-order valence-electron chi connectivity index (χ2n) is 5.88. The summed E-state index contributed by atoms with van der Waals surface area (Å²) in [6, 6.07) is 6.53. The fourth-order valence-electron chi connectivity index (χ4n) is 3.09. The van der Waals surface area contributed by atoms with Crippen LogP contribution in [0, 0.1) is 0 Å². The molecule has 25 heavy (non-hydrogen) atoms. The Morgan fingerprint density at radius 1 is 1.12 bits per heavy atom. The number of unbranched alkanes of at least 4 members (excludes halogenated alkanes) is 2. The second-order valence-corrected chi connectivity index (χ2v) is 5.88. The van der Waals surface area contributed by atoms with Gasteiger partial charge in [0.15, 0.2) is 0 Å². The summed E-state index contributed by atoms with van der Waals surface area (Å²) in [5.41, 5.74) is 0.642. The molecule has 0 bridgehead atoms. The van der Waals surface area contributed by atoms with Crippen molar-refractivity contribution in [2.45, 2.75) is 45.0 Å². The summed E-state index contributed by atoms with van der Waals surface area (Å²) >= 11 is 0. The van der Waals surface area contributed by atoms with E-state index in [1.54, 1.807) is 18.2 Å². The Balaban J connectivity index is 0.00000288. The minimum Gasteiger partial charge on any atom is -0.405 e. The number of hydrogen-bond donors (Lipinski definition) is 1. The first-order valence-electron chi connectivity index (χ1n) is 8.30. The minimum absolute atomic E-state index is 0. The van der Waals surface area contributed by atoms with Crippen molar-refractivity contribution in [2.24, 2.45) is 0 Å². The third-order valence-electron chi connectivity index (χ3n) is 4.18. The van der Waals surface area contributed by atoms with Crippen LogP contribution in [0.3, 0.4) is 0 Å². The number of nitrogens with one attached hydrogen (secondary N) is 1. The number of halogens is 5. The topological polar surface area (TPSA) is 24.5 Å². The molecule has 1 saturated heterocycles. The Bertz CT molecular complexity index is 483. The van der Waals surface area contributed by atoms with Crippen LogP contribution in [0.15, 0.2) is 24.3 Å². The Labute approximate surface area is 160 Å². The van der Waals surface area contributed by atoms with Crippen LogP contribution in [0.2, 0.25) is 0 Å². The number of piperazine rings is 1. The largest absolute Gasteiger partial charge is 0.573 e. The highest BCUT2D eigenvalue weighted by molar-refractivity contribution is 5.85. The highest BCUT2D eigenvalue weighted by Crippen LogP contribution is 2.36. The van der Waals surface area contributed by atoms with Crippen LogP contribution in [0.25, 0.3) is 0 Å². The molecule has 1 aliphatic heterocycles. The quantitative estimate of drug-likeness (QED) is 0.652. The van der Waals surface area contributed by atoms with E-state index in [-0.39, 0.29) is 36.6 Å². The number of benzene rings is 1. The lowest BCUT2D eigenvalue weighted by Crippen LogP contribution is -2.45. The average Bonchev–Trinajstić information content (AvgIpc) is 2.52. The zero-order valence-electron chi connectivity index (χ0n) is 14.3. The predicted molar refractivity (Wildman–Crippen MR) is 98.9 cm³/mol. The van der Waals surface area contributed by atoms with Crippen molar-refractivity contribution in [3.8, 4) is 5.75 Å². The number of ether oxygens (including phenoxy) is 1. The van der Waals surface area contributed by atoms with Gasteiger partial charge in [0.2, 0.25) is 0 Å². The Kier molecular flexibility index (Phi) is 11.5. The standard InChI is InChI=1S/C17H25F3N2O.2ClH/c1-2-3-4-8-15(22-12-10-21-11-13-22)14-7-5-6-9-16(14)23-17(18,19)20;;/h5-7,9,15,21H,2-4,8,10-13H2,1H3;2*1H/t15-;;/m0../s1. The van der Waals surface area contributed by atoms with Crippen molar-refractivity contribution < 1.29 is 17.9 Å². The van der Waals surface area contributed by atoms with E-state index in [1.807, 2.05) is 0 Å². The SMILES string of the molecule is CCCCC[C@@H](c1ccccc1OC(F)(F)F)N1CCNCC1.Cl.Cl. The molecule has 0 amide bonds. The molecule has 0 saturated carbocycles. The second kappa shape index (κ2) is 11.8. The molecule has 0 aliphatic carbocycles. The van der Waals surface area contributed by atoms with Crippen LogP contribution in [0.5, 0.6) is 5.75 Å². The van der Waals surface area contributed by atoms with Gasteiger partial charge in [0, 0.05) is 37.8 Å². The summed E-state index contributed by atoms with van der Waals surface area (Å²) in [4.78, 5) is 2.27. The van der Waals surface area contributed by atoms with Gasteiger partial charge in [-0.25, -0.2) is 0 Å². The van der Waals surface area contributed by atoms with Gasteiger partial charge in [-0.1, -0.05) is 44.4 Å². The van der Waals surface area contributed by atoms with Crippen molar-refractivity contribution >= 4 is 24.8 Å². The molecule has 8 heteroatoms. The summed E-state index contributed by atoms with van der Waals surface area (Å²) < 4.78 is 42.3. The minimum atomic E-state index is -4.66. The van der Waals surface area contributed by atoms with Gasteiger partial charge in [-0.15, -0.1) is 38.0 Å². The molecular formula is C17H27Cl2F3N2O. The Morgan fingerprint density at radius 2 is 1.76 bits per heavy atom. The molecule has 0 spiro atoms. The van der Waals surface area contributed by atoms with Gasteiger partial charge >= 0.3 is 6.36 Å². The van der Waals surface area contributed by atoms with E-state index in [1.165, 1.54) is 6.07 Å². The van der Waals surface area contributed by atoms with Gasteiger partial charge < -0.3 is 10.1 Å². The number of alkyl halides is 3. The molecule has 1 aromatic carbocycles. The van der Waals surface area contributed by atoms with E-state index in [0.717, 1.165) is 51.9 Å². The molecule has 1 heterocycles. The molecular weight excluding hydrogens is 376 g/mol. The Morgan fingerprint density at radius 3 is 2.36 bits per heavy atom. The lowest BCUT2D eigenvalue weighted by Gasteiger charge is -2.36. The van der Waals surface area contributed by atoms with E-state index in [0.29, 0.717) is 5.56 Å². The molecule has 3 nitrogen and oxygen atoms in total. The van der Waals surface area contributed by atoms with Gasteiger partial charge in [-0.3, -0.25) is 4.90 Å². The molecule has 0 radical (unpaired) electrons. The van der Waals surface area contributed by atoms with Crippen LogP contribution < -0.4 is 10.1 Å². The molecule has 0 unspecified atom stereocenters. The third-order valence-corrected chi connectivity index (χ3v) is 4.18. The highest BCUT2D eigenvalue weighted by atomic mass is 35.5. The summed E-state index contributed by atoms with van der Waals surface area (Å²) in [5.74, 6) is -0.0694. The fourth-order valence-corrected chi connectivity index (χ4v) is 3.09. The summed E-state index contributed by atoms with van der Waals surface area (Å²) in [6.07, 6.45) is -0.620. The van der Waals surface area contributed by atoms with Crippen molar-refractivity contribution in [1.29, 1.82) is 0 Å². The predicted octanol–water partition coefficient (Wildman–Crippen LogP) is 4.96. The maximum Gasteiger partial charge on any atom is 0.573 e. The summed E-state index contributed by atoms with van der Waals surface area (Å²) in [6.45, 7) is 5.55. The fraction of sp³-hybridized carbons (Fsp3) is 0.647. The third kappa shape index (κ3) is 8.03. The van der Waals surface area contributed by atoms with Crippen molar-refractivity contribution in [3.63, 3.8) is 0 Å². The highest BCUT2D eigenvalue weighted by Gasteiger charge is 2.33. The number of para-hydroxylation sites is 1. The van der Waals surface area contributed by atoms with Crippen LogP contribution in [0.1, 0.15) is 44.2 Å². The first kappa shape index (κ1) is 24.3. The molecule has 2 rings (SSSR count). The van der Waals surface area contributed by atoms with Gasteiger partial charge in [0.05, 0.1) is 0 Å². The van der Waals surface area contributed by atoms with Gasteiger partial charge in [0.1, 0.15) is 5.75 Å².